The van der Waals surface area contributed by atoms with Crippen molar-refractivity contribution in [3.8, 4) is 0 Å². The van der Waals surface area contributed by atoms with E-state index < -0.39 is 0 Å². The number of rotatable bonds is 3. The molecular formula is C6H7ClN2S2. The minimum Gasteiger partial charge on any atom is -0.143 e. The van der Waals surface area contributed by atoms with Crippen LogP contribution >= 0.6 is 34.7 Å². The van der Waals surface area contributed by atoms with Crippen molar-refractivity contribution in [2.24, 2.45) is 0 Å². The molecule has 0 unspecified atom stereocenters. The second-order valence-corrected chi connectivity index (χ2v) is 4.83. The van der Waals surface area contributed by atoms with Crippen LogP contribution in [0.25, 0.3) is 0 Å². The minimum absolute atomic E-state index is 0.642. The Bertz CT molecular complexity index is 259. The van der Waals surface area contributed by atoms with Gasteiger partial charge in [-0.05, 0) is 6.92 Å². The number of hydrogen-bond acceptors (Lipinski definition) is 4. The molecule has 0 spiro atoms. The molecule has 0 fully saturated rings. The van der Waals surface area contributed by atoms with Gasteiger partial charge in [-0.25, -0.2) is 0 Å². The molecule has 0 N–H and O–H groups in total. The Kier molecular flexibility index (Phi) is 3.36. The molecule has 1 rings (SSSR count). The lowest BCUT2D eigenvalue weighted by Gasteiger charge is -1.90. The van der Waals surface area contributed by atoms with Gasteiger partial charge in [0.1, 0.15) is 5.01 Å². The third-order valence-electron chi connectivity index (χ3n) is 0.860. The van der Waals surface area contributed by atoms with Crippen LogP contribution in [0.15, 0.2) is 16.0 Å². The van der Waals surface area contributed by atoms with Crippen LogP contribution in [0, 0.1) is 6.92 Å². The highest BCUT2D eigenvalue weighted by Gasteiger charge is 2.00. The predicted octanol–water partition coefficient (Wildman–Crippen LogP) is 2.69. The van der Waals surface area contributed by atoms with Gasteiger partial charge in [-0.1, -0.05) is 41.3 Å². The first-order valence-electron chi connectivity index (χ1n) is 2.94. The van der Waals surface area contributed by atoms with Crippen molar-refractivity contribution in [2.75, 3.05) is 5.75 Å². The van der Waals surface area contributed by atoms with Crippen molar-refractivity contribution in [3.63, 3.8) is 0 Å². The van der Waals surface area contributed by atoms with Gasteiger partial charge in [0.25, 0.3) is 0 Å². The maximum atomic E-state index is 5.58. The summed E-state index contributed by atoms with van der Waals surface area (Å²) in [5.74, 6) is 0.705. The molecule has 11 heavy (non-hydrogen) atoms. The highest BCUT2D eigenvalue weighted by molar-refractivity contribution is 8.01. The molecule has 0 aromatic carbocycles. The number of thioether (sulfide) groups is 1. The Hall–Kier alpha value is -0.0600. The Morgan fingerprint density at radius 1 is 1.73 bits per heavy atom. The van der Waals surface area contributed by atoms with Crippen LogP contribution in [0.3, 0.4) is 0 Å². The van der Waals surface area contributed by atoms with E-state index in [1.165, 1.54) is 0 Å². The summed E-state index contributed by atoms with van der Waals surface area (Å²) in [6.07, 6.45) is 0. The van der Waals surface area contributed by atoms with Crippen LogP contribution in [-0.4, -0.2) is 16.0 Å². The second-order valence-electron chi connectivity index (χ2n) is 1.89. The zero-order valence-corrected chi connectivity index (χ0v) is 8.39. The van der Waals surface area contributed by atoms with E-state index in [-0.39, 0.29) is 0 Å². The van der Waals surface area contributed by atoms with Gasteiger partial charge in [-0.2, -0.15) is 0 Å². The van der Waals surface area contributed by atoms with Crippen LogP contribution in [-0.2, 0) is 0 Å². The summed E-state index contributed by atoms with van der Waals surface area (Å²) in [4.78, 5) is 0. The van der Waals surface area contributed by atoms with Crippen LogP contribution in [0.2, 0.25) is 0 Å². The van der Waals surface area contributed by atoms with Crippen molar-refractivity contribution in [3.05, 3.63) is 16.6 Å². The lowest BCUT2D eigenvalue weighted by atomic mass is 10.7. The molecule has 0 saturated carbocycles. The first-order chi connectivity index (χ1) is 5.18. The molecule has 0 aliphatic carbocycles. The normalized spacial score (nSPS) is 10.0. The van der Waals surface area contributed by atoms with Crippen LogP contribution in [0.1, 0.15) is 5.01 Å². The number of aromatic nitrogens is 2. The monoisotopic (exact) mass is 206 g/mol. The highest BCUT2D eigenvalue weighted by atomic mass is 35.5. The quantitative estimate of drug-likeness (QED) is 0.712. The Morgan fingerprint density at radius 2 is 2.45 bits per heavy atom. The fourth-order valence-corrected chi connectivity index (χ4v) is 2.21. The summed E-state index contributed by atoms with van der Waals surface area (Å²) in [6.45, 7) is 5.51. The Morgan fingerprint density at radius 3 is 2.91 bits per heavy atom. The number of halogens is 1. The molecule has 1 aromatic heterocycles. The lowest BCUT2D eigenvalue weighted by molar-refractivity contribution is 0.984. The van der Waals surface area contributed by atoms with E-state index in [9.17, 15) is 0 Å². The summed E-state index contributed by atoms with van der Waals surface area (Å²) in [5.41, 5.74) is 0. The summed E-state index contributed by atoms with van der Waals surface area (Å²) in [7, 11) is 0. The molecule has 0 aliphatic rings. The maximum Gasteiger partial charge on any atom is 0.174 e. The maximum absolute atomic E-state index is 5.58. The van der Waals surface area contributed by atoms with Gasteiger partial charge in [0, 0.05) is 10.8 Å². The van der Waals surface area contributed by atoms with E-state index in [0.717, 1.165) is 9.35 Å². The van der Waals surface area contributed by atoms with Crippen molar-refractivity contribution in [1.29, 1.82) is 0 Å². The third-order valence-corrected chi connectivity index (χ3v) is 3.21. The molecule has 60 valence electrons. The van der Waals surface area contributed by atoms with E-state index in [0.29, 0.717) is 10.8 Å². The number of nitrogens with zero attached hydrogens (tertiary/aromatic N) is 2. The predicted molar refractivity (Wildman–Crippen MR) is 50.4 cm³/mol. The Labute approximate surface area is 78.7 Å². The van der Waals surface area contributed by atoms with Crippen LogP contribution < -0.4 is 0 Å². The first kappa shape index (κ1) is 9.03. The minimum atomic E-state index is 0.642. The van der Waals surface area contributed by atoms with Crippen LogP contribution in [0.5, 0.6) is 0 Å². The second kappa shape index (κ2) is 4.09. The average Bonchev–Trinajstić information content (AvgIpc) is 2.31. The first-order valence-corrected chi connectivity index (χ1v) is 5.12. The van der Waals surface area contributed by atoms with Gasteiger partial charge in [-0.3, -0.25) is 0 Å². The lowest BCUT2D eigenvalue weighted by Crippen LogP contribution is -1.75. The molecule has 2 nitrogen and oxygen atoms in total. The van der Waals surface area contributed by atoms with E-state index in [2.05, 4.69) is 16.8 Å². The molecule has 0 atom stereocenters. The Balaban J connectivity index is 2.45. The van der Waals surface area contributed by atoms with Crippen molar-refractivity contribution in [2.45, 2.75) is 11.3 Å². The van der Waals surface area contributed by atoms with Gasteiger partial charge >= 0.3 is 0 Å². The van der Waals surface area contributed by atoms with E-state index in [4.69, 9.17) is 11.6 Å². The van der Waals surface area contributed by atoms with Gasteiger partial charge < -0.3 is 0 Å². The smallest absolute Gasteiger partial charge is 0.143 e. The van der Waals surface area contributed by atoms with E-state index >= 15 is 0 Å². The average molecular weight is 207 g/mol. The molecule has 1 heterocycles. The van der Waals surface area contributed by atoms with Gasteiger partial charge in [0.15, 0.2) is 4.34 Å². The molecule has 0 bridgehead atoms. The molecule has 5 heteroatoms. The molecule has 0 amide bonds. The summed E-state index contributed by atoms with van der Waals surface area (Å²) < 4.78 is 0.948. The summed E-state index contributed by atoms with van der Waals surface area (Å²) >= 11 is 8.71. The van der Waals surface area contributed by atoms with Gasteiger partial charge in [0.05, 0.1) is 0 Å². The summed E-state index contributed by atoms with van der Waals surface area (Å²) in [6, 6.07) is 0. The van der Waals surface area contributed by atoms with Crippen LogP contribution in [0.4, 0.5) is 0 Å². The van der Waals surface area contributed by atoms with Gasteiger partial charge in [-0.15, -0.1) is 10.2 Å². The van der Waals surface area contributed by atoms with E-state index in [1.54, 1.807) is 23.1 Å². The zero-order chi connectivity index (χ0) is 8.27. The molecule has 0 saturated heterocycles. The molecule has 1 aromatic rings. The largest absolute Gasteiger partial charge is 0.174 e. The van der Waals surface area contributed by atoms with Crippen molar-refractivity contribution >= 4 is 34.7 Å². The van der Waals surface area contributed by atoms with Crippen molar-refractivity contribution in [1.82, 2.24) is 10.2 Å². The van der Waals surface area contributed by atoms with Crippen molar-refractivity contribution < 1.29 is 0 Å². The fourth-order valence-electron chi connectivity index (χ4n) is 0.477. The fraction of sp³-hybridized carbons (Fsp3) is 0.333. The topological polar surface area (TPSA) is 25.8 Å². The third kappa shape index (κ3) is 3.22. The summed E-state index contributed by atoms with van der Waals surface area (Å²) in [5, 5.41) is 9.41. The zero-order valence-electron chi connectivity index (χ0n) is 6.00. The van der Waals surface area contributed by atoms with Gasteiger partial charge in [0.2, 0.25) is 0 Å². The molecular weight excluding hydrogens is 200 g/mol. The standard InChI is InChI=1S/C6H7ClN2S2/c1-4(7)3-10-6-9-8-5(2)11-6/h1,3H2,2H3. The SMILES string of the molecule is C=C(Cl)CSc1nnc(C)s1. The number of aryl methyl sites for hydroxylation is 1. The molecule has 0 radical (unpaired) electrons. The van der Waals surface area contributed by atoms with E-state index in [1.807, 2.05) is 6.92 Å². The number of hydrogen-bond donors (Lipinski definition) is 0. The highest BCUT2D eigenvalue weighted by Crippen LogP contribution is 2.23. The molecule has 0 aliphatic heterocycles.